The van der Waals surface area contributed by atoms with Gasteiger partial charge in [0.1, 0.15) is 0 Å². The molecule has 2 heteroatoms. The van der Waals surface area contributed by atoms with Crippen molar-refractivity contribution in [3.05, 3.63) is 0 Å². The molecule has 4 rings (SSSR count). The molecule has 4 aliphatic carbocycles. The van der Waals surface area contributed by atoms with E-state index >= 15 is 0 Å². The first kappa shape index (κ1) is 22.1. The van der Waals surface area contributed by atoms with E-state index in [0.717, 1.165) is 48.3 Å². The zero-order valence-electron chi connectivity index (χ0n) is 19.7. The van der Waals surface area contributed by atoms with Crippen LogP contribution in [-0.4, -0.2) is 16.5 Å². The molecule has 2 nitrogen and oxygen atoms in total. The Morgan fingerprint density at radius 1 is 0.793 bits per heavy atom. The molecule has 0 heterocycles. The molecular weight excluding hydrogens is 356 g/mol. The van der Waals surface area contributed by atoms with Crippen molar-refractivity contribution in [2.24, 2.45) is 52.3 Å². The Bertz CT molecular complexity index is 559. The average Bonchev–Trinajstić information content (AvgIpc) is 3.04. The Hall–Kier alpha value is -0.0800. The van der Waals surface area contributed by atoms with Gasteiger partial charge in [0.25, 0.3) is 0 Å². The lowest BCUT2D eigenvalue weighted by Crippen LogP contribution is -2.53. The first-order valence-corrected chi connectivity index (χ1v) is 13.1. The minimum atomic E-state index is -1.15. The van der Waals surface area contributed by atoms with Gasteiger partial charge in [0.15, 0.2) is 6.29 Å². The number of aliphatic hydroxyl groups is 2. The zero-order chi connectivity index (χ0) is 20.8. The first-order chi connectivity index (χ1) is 13.8. The summed E-state index contributed by atoms with van der Waals surface area (Å²) in [5.74, 6) is 5.71. The van der Waals surface area contributed by atoms with Crippen molar-refractivity contribution in [2.75, 3.05) is 0 Å². The Kier molecular flexibility index (Phi) is 6.45. The average molecular weight is 405 g/mol. The van der Waals surface area contributed by atoms with Crippen molar-refractivity contribution in [2.45, 2.75) is 117 Å². The maximum atomic E-state index is 9.36. The third-order valence-electron chi connectivity index (χ3n) is 11.2. The maximum Gasteiger partial charge on any atom is 0.154 e. The molecule has 0 aromatic heterocycles. The van der Waals surface area contributed by atoms with Crippen LogP contribution in [0.5, 0.6) is 0 Å². The monoisotopic (exact) mass is 404 g/mol. The van der Waals surface area contributed by atoms with E-state index in [-0.39, 0.29) is 5.92 Å². The predicted molar refractivity (Wildman–Crippen MR) is 120 cm³/mol. The maximum absolute atomic E-state index is 9.36. The molecule has 4 saturated carbocycles. The van der Waals surface area contributed by atoms with Gasteiger partial charge in [0.05, 0.1) is 0 Å². The highest BCUT2D eigenvalue weighted by Crippen LogP contribution is 2.68. The lowest BCUT2D eigenvalue weighted by molar-refractivity contribution is -0.114. The summed E-state index contributed by atoms with van der Waals surface area (Å²) in [4.78, 5) is 0. The highest BCUT2D eigenvalue weighted by atomic mass is 16.5. The van der Waals surface area contributed by atoms with Crippen molar-refractivity contribution < 1.29 is 10.2 Å². The minimum absolute atomic E-state index is 0.0102. The summed E-state index contributed by atoms with van der Waals surface area (Å²) in [5.41, 5.74) is 1.23. The van der Waals surface area contributed by atoms with E-state index in [0.29, 0.717) is 10.8 Å². The third kappa shape index (κ3) is 3.84. The summed E-state index contributed by atoms with van der Waals surface area (Å²) in [6.45, 7) is 9.84. The fourth-order valence-corrected chi connectivity index (χ4v) is 9.38. The second-order valence-corrected chi connectivity index (χ2v) is 12.4. The molecule has 29 heavy (non-hydrogen) atoms. The van der Waals surface area contributed by atoms with Crippen LogP contribution < -0.4 is 0 Å². The lowest BCUT2D eigenvalue weighted by atomic mass is 9.44. The number of rotatable bonds is 6. The molecule has 2 unspecified atom stereocenters. The van der Waals surface area contributed by atoms with Crippen molar-refractivity contribution in [1.82, 2.24) is 0 Å². The molecule has 4 fully saturated rings. The van der Waals surface area contributed by atoms with Gasteiger partial charge in [-0.15, -0.1) is 0 Å². The van der Waals surface area contributed by atoms with Gasteiger partial charge in [0.2, 0.25) is 0 Å². The number of aliphatic hydroxyl groups excluding tert-OH is 1. The number of hydrogen-bond donors (Lipinski definition) is 2. The SMILES string of the molecule is CC(CCC[C@@H](C)[C@H]1CC[C@H]2[C@@H]3CCC4CCCC[C@]4(C)[C@H]3CC[C@]12C)C(O)O. The van der Waals surface area contributed by atoms with Crippen LogP contribution in [0.4, 0.5) is 0 Å². The summed E-state index contributed by atoms with van der Waals surface area (Å²) in [6, 6.07) is 0. The van der Waals surface area contributed by atoms with Crippen molar-refractivity contribution >= 4 is 0 Å². The molecule has 168 valence electrons. The van der Waals surface area contributed by atoms with Crippen LogP contribution >= 0.6 is 0 Å². The molecule has 9 atom stereocenters. The molecule has 0 saturated heterocycles. The Morgan fingerprint density at radius 2 is 1.55 bits per heavy atom. The van der Waals surface area contributed by atoms with E-state index in [1.807, 2.05) is 6.92 Å². The standard InChI is InChI=1S/C27H48O2/c1-18(8-7-9-19(2)25(28)29)22-13-14-23-21-12-11-20-10-5-6-16-26(20,3)24(21)15-17-27(22,23)4/h18-25,28-29H,5-17H2,1-4H3/t18-,19?,20?,21+,22-,23+,24+,26+,27-/m1/s1. The van der Waals surface area contributed by atoms with Gasteiger partial charge in [-0.2, -0.15) is 0 Å². The second-order valence-electron chi connectivity index (χ2n) is 12.4. The van der Waals surface area contributed by atoms with Gasteiger partial charge in [-0.25, -0.2) is 0 Å². The highest BCUT2D eigenvalue weighted by molar-refractivity contribution is 5.09. The highest BCUT2D eigenvalue weighted by Gasteiger charge is 2.59. The van der Waals surface area contributed by atoms with Crippen LogP contribution in [0.3, 0.4) is 0 Å². The van der Waals surface area contributed by atoms with Gasteiger partial charge < -0.3 is 10.2 Å². The largest absolute Gasteiger partial charge is 0.368 e. The fourth-order valence-electron chi connectivity index (χ4n) is 9.38. The predicted octanol–water partition coefficient (Wildman–Crippen LogP) is 6.79. The normalized spacial score (nSPS) is 46.7. The summed E-state index contributed by atoms with van der Waals surface area (Å²) in [7, 11) is 0. The second kappa shape index (κ2) is 8.45. The molecule has 2 N–H and O–H groups in total. The van der Waals surface area contributed by atoms with Crippen LogP contribution in [-0.2, 0) is 0 Å². The summed E-state index contributed by atoms with van der Waals surface area (Å²) in [6.07, 6.45) is 17.2. The first-order valence-electron chi connectivity index (χ1n) is 13.1. The van der Waals surface area contributed by atoms with Crippen molar-refractivity contribution in [3.63, 3.8) is 0 Å². The van der Waals surface area contributed by atoms with Gasteiger partial charge in [-0.1, -0.05) is 53.4 Å². The van der Waals surface area contributed by atoms with Gasteiger partial charge >= 0.3 is 0 Å². The smallest absolute Gasteiger partial charge is 0.154 e. The lowest BCUT2D eigenvalue weighted by Gasteiger charge is -2.61. The van der Waals surface area contributed by atoms with Gasteiger partial charge in [-0.3, -0.25) is 0 Å². The Morgan fingerprint density at radius 3 is 2.31 bits per heavy atom. The quantitative estimate of drug-likeness (QED) is 0.478. The zero-order valence-corrected chi connectivity index (χ0v) is 19.7. The van der Waals surface area contributed by atoms with Crippen molar-refractivity contribution in [3.8, 4) is 0 Å². The van der Waals surface area contributed by atoms with E-state index < -0.39 is 6.29 Å². The number of hydrogen-bond acceptors (Lipinski definition) is 2. The van der Waals surface area contributed by atoms with Gasteiger partial charge in [-0.05, 0) is 104 Å². The van der Waals surface area contributed by atoms with Gasteiger partial charge in [0, 0.05) is 5.92 Å². The summed E-state index contributed by atoms with van der Waals surface area (Å²) < 4.78 is 0. The molecule has 0 aromatic carbocycles. The summed E-state index contributed by atoms with van der Waals surface area (Å²) in [5, 5.41) is 18.7. The van der Waals surface area contributed by atoms with Crippen LogP contribution in [0.2, 0.25) is 0 Å². The van der Waals surface area contributed by atoms with E-state index in [1.54, 1.807) is 0 Å². The van der Waals surface area contributed by atoms with E-state index in [2.05, 4.69) is 20.8 Å². The molecule has 0 aliphatic heterocycles. The molecule has 0 aromatic rings. The van der Waals surface area contributed by atoms with E-state index in [1.165, 1.54) is 70.6 Å². The third-order valence-corrected chi connectivity index (χ3v) is 11.2. The fraction of sp³-hybridized carbons (Fsp3) is 1.00. The number of fused-ring (bicyclic) bond motifs is 5. The van der Waals surface area contributed by atoms with Crippen LogP contribution in [0.1, 0.15) is 111 Å². The Labute approximate surface area is 180 Å². The van der Waals surface area contributed by atoms with Crippen LogP contribution in [0.15, 0.2) is 0 Å². The summed E-state index contributed by atoms with van der Waals surface area (Å²) >= 11 is 0. The van der Waals surface area contributed by atoms with Crippen LogP contribution in [0.25, 0.3) is 0 Å². The molecule has 0 bridgehead atoms. The topological polar surface area (TPSA) is 40.5 Å². The minimum Gasteiger partial charge on any atom is -0.368 e. The molecule has 0 spiro atoms. The van der Waals surface area contributed by atoms with E-state index in [9.17, 15) is 10.2 Å². The molecule has 4 aliphatic rings. The Balaban J connectivity index is 1.41. The van der Waals surface area contributed by atoms with E-state index in [4.69, 9.17) is 0 Å². The molecule has 0 radical (unpaired) electrons. The molecule has 0 amide bonds. The van der Waals surface area contributed by atoms with Crippen LogP contribution in [0, 0.1) is 52.3 Å². The molecular formula is C27H48O2. The van der Waals surface area contributed by atoms with Crippen molar-refractivity contribution in [1.29, 1.82) is 0 Å².